The molecule has 2 N–H and O–H groups in total. The summed E-state index contributed by atoms with van der Waals surface area (Å²) in [6.07, 6.45) is 2.75. The number of carbonyl (C=O) groups is 1. The number of amides is 1. The smallest absolute Gasteiger partial charge is 0.224 e. The molecular weight excluding hydrogens is 286 g/mol. The largest absolute Gasteiger partial charge is 0.396 e. The van der Waals surface area contributed by atoms with Gasteiger partial charge in [-0.3, -0.25) is 9.48 Å². The van der Waals surface area contributed by atoms with Crippen molar-refractivity contribution in [3.63, 3.8) is 0 Å². The maximum atomic E-state index is 12.0. The molecule has 5 nitrogen and oxygen atoms in total. The molecule has 1 rings (SSSR count). The summed E-state index contributed by atoms with van der Waals surface area (Å²) in [5, 5.41) is 16.6. The van der Waals surface area contributed by atoms with E-state index in [-0.39, 0.29) is 25.0 Å². The zero-order valence-corrected chi connectivity index (χ0v) is 13.0. The Hall–Kier alpha value is -0.720. The molecule has 0 bridgehead atoms. The van der Waals surface area contributed by atoms with Crippen LogP contribution in [0.15, 0.2) is 0 Å². The van der Waals surface area contributed by atoms with Crippen molar-refractivity contribution in [1.82, 2.24) is 15.1 Å². The quantitative estimate of drug-likeness (QED) is 0.793. The van der Waals surface area contributed by atoms with Gasteiger partial charge in [0.15, 0.2) is 0 Å². The molecular formula is C12H20ClN3O2S. The predicted octanol–water partition coefficient (Wildman–Crippen LogP) is 1.15. The number of hydrogen-bond acceptors (Lipinski definition) is 4. The van der Waals surface area contributed by atoms with Crippen molar-refractivity contribution in [2.75, 3.05) is 18.6 Å². The molecule has 0 fully saturated rings. The van der Waals surface area contributed by atoms with Gasteiger partial charge >= 0.3 is 0 Å². The Morgan fingerprint density at radius 1 is 1.63 bits per heavy atom. The Bertz CT molecular complexity index is 431. The fraction of sp³-hybridized carbons (Fsp3) is 0.667. The highest BCUT2D eigenvalue weighted by Crippen LogP contribution is 2.19. The summed E-state index contributed by atoms with van der Waals surface area (Å²) < 4.78 is 1.56. The number of carbonyl (C=O) groups excluding carboxylic acids is 1. The molecule has 1 unspecified atom stereocenters. The second-order valence-corrected chi connectivity index (χ2v) is 5.66. The third-order valence-electron chi connectivity index (χ3n) is 2.82. The average Bonchev–Trinajstić information content (AvgIpc) is 2.57. The van der Waals surface area contributed by atoms with Crippen LogP contribution in [0.4, 0.5) is 0 Å². The average molecular weight is 306 g/mol. The molecule has 0 saturated heterocycles. The lowest BCUT2D eigenvalue weighted by Crippen LogP contribution is -2.38. The lowest BCUT2D eigenvalue weighted by molar-refractivity contribution is -0.121. The molecule has 0 radical (unpaired) electrons. The van der Waals surface area contributed by atoms with Gasteiger partial charge < -0.3 is 10.4 Å². The minimum atomic E-state index is -0.0921. The third-order valence-corrected chi connectivity index (χ3v) is 4.03. The van der Waals surface area contributed by atoms with Crippen LogP contribution >= 0.6 is 23.4 Å². The maximum absolute atomic E-state index is 12.0. The van der Waals surface area contributed by atoms with Gasteiger partial charge in [0.05, 0.1) is 12.1 Å². The molecule has 0 aliphatic rings. The van der Waals surface area contributed by atoms with Gasteiger partial charge in [-0.1, -0.05) is 11.6 Å². The molecule has 0 spiro atoms. The van der Waals surface area contributed by atoms with Crippen LogP contribution in [0.25, 0.3) is 0 Å². The Labute approximate surface area is 122 Å². The first-order valence-electron chi connectivity index (χ1n) is 6.06. The number of aryl methyl sites for hydroxylation is 2. The Balaban J connectivity index is 2.63. The van der Waals surface area contributed by atoms with Gasteiger partial charge in [-0.05, 0) is 19.6 Å². The summed E-state index contributed by atoms with van der Waals surface area (Å²) in [4.78, 5) is 12.0. The van der Waals surface area contributed by atoms with Crippen LogP contribution in [-0.2, 0) is 18.3 Å². The van der Waals surface area contributed by atoms with E-state index in [1.807, 2.05) is 13.2 Å². The highest BCUT2D eigenvalue weighted by molar-refractivity contribution is 7.98. The molecule has 1 amide bonds. The zero-order valence-electron chi connectivity index (χ0n) is 11.4. The lowest BCUT2D eigenvalue weighted by atomic mass is 10.1. The topological polar surface area (TPSA) is 67.2 Å². The molecule has 0 aliphatic carbocycles. The number of hydrogen-bond donors (Lipinski definition) is 2. The highest BCUT2D eigenvalue weighted by Gasteiger charge is 2.17. The number of nitrogens with one attached hydrogen (secondary N) is 1. The first-order chi connectivity index (χ1) is 8.99. The fourth-order valence-electron chi connectivity index (χ4n) is 1.87. The van der Waals surface area contributed by atoms with Crippen molar-refractivity contribution < 1.29 is 9.90 Å². The fourth-order valence-corrected chi connectivity index (χ4v) is 2.76. The third kappa shape index (κ3) is 4.71. The summed E-state index contributed by atoms with van der Waals surface area (Å²) in [5.41, 5.74) is 1.53. The number of nitrogens with zero attached hydrogens (tertiary/aromatic N) is 2. The Kier molecular flexibility index (Phi) is 6.68. The number of aliphatic hydroxyl groups excluding tert-OH is 1. The van der Waals surface area contributed by atoms with Gasteiger partial charge in [0.2, 0.25) is 5.91 Å². The van der Waals surface area contributed by atoms with Crippen LogP contribution in [0.1, 0.15) is 17.7 Å². The number of thioether (sulfide) groups is 1. The molecule has 1 aromatic heterocycles. The van der Waals surface area contributed by atoms with E-state index in [1.54, 1.807) is 23.5 Å². The minimum absolute atomic E-state index is 0.0109. The van der Waals surface area contributed by atoms with Gasteiger partial charge in [0.25, 0.3) is 0 Å². The molecule has 0 saturated carbocycles. The van der Waals surface area contributed by atoms with Crippen molar-refractivity contribution in [2.24, 2.45) is 7.05 Å². The Morgan fingerprint density at radius 3 is 2.79 bits per heavy atom. The SMILES string of the molecule is CSCC(CCO)NC(=O)Cc1c(C)nn(C)c1Cl. The summed E-state index contributed by atoms with van der Waals surface area (Å²) in [6.45, 7) is 1.90. The van der Waals surface area contributed by atoms with Crippen LogP contribution in [0.2, 0.25) is 5.15 Å². The second kappa shape index (κ2) is 7.77. The molecule has 0 aliphatic heterocycles. The number of halogens is 1. The maximum Gasteiger partial charge on any atom is 0.224 e. The van der Waals surface area contributed by atoms with Crippen molar-refractivity contribution in [3.05, 3.63) is 16.4 Å². The molecule has 108 valence electrons. The predicted molar refractivity (Wildman–Crippen MR) is 78.7 cm³/mol. The van der Waals surface area contributed by atoms with E-state index in [4.69, 9.17) is 16.7 Å². The van der Waals surface area contributed by atoms with Crippen molar-refractivity contribution >= 4 is 29.3 Å². The highest BCUT2D eigenvalue weighted by atomic mass is 35.5. The summed E-state index contributed by atoms with van der Waals surface area (Å²) in [6, 6.07) is -0.0109. The first-order valence-corrected chi connectivity index (χ1v) is 7.83. The molecule has 19 heavy (non-hydrogen) atoms. The molecule has 1 aromatic rings. The standard InChI is InChI=1S/C12H20ClN3O2S/c1-8-10(12(13)16(2)15-8)6-11(18)14-9(4-5-17)7-19-3/h9,17H,4-7H2,1-3H3,(H,14,18). The van der Waals surface area contributed by atoms with Crippen molar-refractivity contribution in [2.45, 2.75) is 25.8 Å². The van der Waals surface area contributed by atoms with Gasteiger partial charge in [-0.15, -0.1) is 0 Å². The summed E-state index contributed by atoms with van der Waals surface area (Å²) in [7, 11) is 1.75. The van der Waals surface area contributed by atoms with E-state index in [1.165, 1.54) is 0 Å². The van der Waals surface area contributed by atoms with Gasteiger partial charge in [0, 0.05) is 31.0 Å². The van der Waals surface area contributed by atoms with E-state index in [9.17, 15) is 4.79 Å². The lowest BCUT2D eigenvalue weighted by Gasteiger charge is -2.16. The van der Waals surface area contributed by atoms with E-state index >= 15 is 0 Å². The minimum Gasteiger partial charge on any atom is -0.396 e. The van der Waals surface area contributed by atoms with Crippen molar-refractivity contribution in [3.8, 4) is 0 Å². The van der Waals surface area contributed by atoms with Gasteiger partial charge in [0.1, 0.15) is 5.15 Å². The summed E-state index contributed by atoms with van der Waals surface area (Å²) >= 11 is 7.73. The molecule has 0 aromatic carbocycles. The molecule has 7 heteroatoms. The zero-order chi connectivity index (χ0) is 14.4. The normalized spacial score (nSPS) is 12.5. The van der Waals surface area contributed by atoms with Crippen LogP contribution in [0, 0.1) is 6.92 Å². The monoisotopic (exact) mass is 305 g/mol. The van der Waals surface area contributed by atoms with Crippen LogP contribution in [0.3, 0.4) is 0 Å². The Morgan fingerprint density at radius 2 is 2.32 bits per heavy atom. The molecule has 1 atom stereocenters. The number of rotatable bonds is 7. The van der Waals surface area contributed by atoms with Crippen LogP contribution in [-0.4, -0.2) is 45.5 Å². The van der Waals surface area contributed by atoms with Crippen LogP contribution < -0.4 is 5.32 Å². The summed E-state index contributed by atoms with van der Waals surface area (Å²) in [5.74, 6) is 0.692. The van der Waals surface area contributed by atoms with Crippen molar-refractivity contribution in [1.29, 1.82) is 0 Å². The van der Waals surface area contributed by atoms with E-state index in [2.05, 4.69) is 10.4 Å². The molecule has 1 heterocycles. The van der Waals surface area contributed by atoms with E-state index in [0.29, 0.717) is 11.6 Å². The van der Waals surface area contributed by atoms with Gasteiger partial charge in [-0.2, -0.15) is 16.9 Å². The second-order valence-electron chi connectivity index (χ2n) is 4.39. The first kappa shape index (κ1) is 16.3. The van der Waals surface area contributed by atoms with Gasteiger partial charge in [-0.25, -0.2) is 0 Å². The number of aliphatic hydroxyl groups is 1. The van der Waals surface area contributed by atoms with E-state index < -0.39 is 0 Å². The van der Waals surface area contributed by atoms with Crippen LogP contribution in [0.5, 0.6) is 0 Å². The van der Waals surface area contributed by atoms with E-state index in [0.717, 1.165) is 17.0 Å². The number of aromatic nitrogens is 2.